The normalized spacial score (nSPS) is 33.4. The Bertz CT molecular complexity index is 336. The van der Waals surface area contributed by atoms with Crippen molar-refractivity contribution >= 4 is 16.6 Å². The van der Waals surface area contributed by atoms with Gasteiger partial charge in [-0.05, 0) is 39.5 Å². The molecule has 2 fully saturated rings. The molecule has 0 aromatic heterocycles. The number of Topliss-reactive ketones (excluding diaryl/α,β-unsaturated/α-hetero) is 1. The first-order valence-electron chi connectivity index (χ1n) is 7.81. The minimum atomic E-state index is -0.707. The molecule has 2 unspecified atom stereocenters. The minimum Gasteiger partial charge on any atom is -0.352 e. The Kier molecular flexibility index (Phi) is 6.18. The van der Waals surface area contributed by atoms with Crippen molar-refractivity contribution in [1.82, 2.24) is 0 Å². The summed E-state index contributed by atoms with van der Waals surface area (Å²) in [5.41, 5.74) is 0. The molecule has 2 saturated heterocycles. The Morgan fingerprint density at radius 2 is 1.70 bits per heavy atom. The second kappa shape index (κ2) is 7.66. The van der Waals surface area contributed by atoms with Gasteiger partial charge in [-0.2, -0.15) is 0 Å². The largest absolute Gasteiger partial charge is 0.352 e. The Balaban J connectivity index is 1.90. The van der Waals surface area contributed by atoms with E-state index in [1.165, 1.54) is 6.42 Å². The van der Waals surface area contributed by atoms with E-state index in [1.54, 1.807) is 0 Å². The van der Waals surface area contributed by atoms with Gasteiger partial charge >= 0.3 is 0 Å². The maximum atomic E-state index is 12.4. The number of ether oxygens (including phenoxy) is 2. The summed E-state index contributed by atoms with van der Waals surface area (Å²) in [7, 11) is -0.707. The van der Waals surface area contributed by atoms with Crippen molar-refractivity contribution < 1.29 is 18.5 Å². The molecule has 0 amide bonds. The van der Waals surface area contributed by atoms with Gasteiger partial charge in [0.25, 0.3) is 0 Å². The van der Waals surface area contributed by atoms with Gasteiger partial charge in [-0.15, -0.1) is 0 Å². The third-order valence-corrected chi connectivity index (χ3v) is 6.50. The first-order chi connectivity index (χ1) is 9.65. The maximum absolute atomic E-state index is 12.4. The fourth-order valence-electron chi connectivity index (χ4n) is 3.37. The summed E-state index contributed by atoms with van der Waals surface area (Å²) in [5, 5.41) is 0.489. The molecule has 4 nitrogen and oxygen atoms in total. The van der Waals surface area contributed by atoms with Gasteiger partial charge in [0.15, 0.2) is 6.29 Å². The van der Waals surface area contributed by atoms with Crippen LogP contribution in [-0.2, 0) is 25.1 Å². The van der Waals surface area contributed by atoms with Crippen LogP contribution in [0.2, 0.25) is 0 Å². The van der Waals surface area contributed by atoms with Crippen LogP contribution in [-0.4, -0.2) is 40.0 Å². The second-order valence-corrected chi connectivity index (χ2v) is 7.67. The van der Waals surface area contributed by atoms with Crippen LogP contribution in [0.15, 0.2) is 0 Å². The molecule has 0 spiro atoms. The predicted molar refractivity (Wildman–Crippen MR) is 79.0 cm³/mol. The number of hydrogen-bond donors (Lipinski definition) is 0. The molecule has 116 valence electrons. The van der Waals surface area contributed by atoms with Crippen molar-refractivity contribution in [3.8, 4) is 0 Å². The number of rotatable bonds is 7. The molecule has 2 heterocycles. The number of hydrogen-bond acceptors (Lipinski definition) is 4. The first-order valence-corrected chi connectivity index (χ1v) is 9.08. The molecule has 0 aliphatic carbocycles. The molecule has 20 heavy (non-hydrogen) atoms. The Morgan fingerprint density at radius 1 is 1.15 bits per heavy atom. The Morgan fingerprint density at radius 3 is 2.20 bits per heavy atom. The Labute approximate surface area is 124 Å². The van der Waals surface area contributed by atoms with Crippen molar-refractivity contribution in [3.05, 3.63) is 0 Å². The zero-order valence-electron chi connectivity index (χ0n) is 12.5. The van der Waals surface area contributed by atoms with Crippen LogP contribution < -0.4 is 0 Å². The van der Waals surface area contributed by atoms with E-state index in [0.29, 0.717) is 19.6 Å². The highest BCUT2D eigenvalue weighted by molar-refractivity contribution is 7.86. The van der Waals surface area contributed by atoms with Crippen LogP contribution in [0.25, 0.3) is 0 Å². The number of carbonyl (C=O) groups excluding carboxylic acids is 1. The summed E-state index contributed by atoms with van der Waals surface area (Å²) in [5.74, 6) is 0.289. The first kappa shape index (κ1) is 16.1. The summed E-state index contributed by atoms with van der Waals surface area (Å²) in [6, 6.07) is 0. The lowest BCUT2D eigenvalue weighted by Crippen LogP contribution is -2.42. The highest BCUT2D eigenvalue weighted by atomic mass is 32.2. The lowest BCUT2D eigenvalue weighted by Gasteiger charge is -2.37. The predicted octanol–water partition coefficient (Wildman–Crippen LogP) is 2.42. The fourth-order valence-corrected chi connectivity index (χ4v) is 5.55. The third-order valence-electron chi connectivity index (χ3n) is 4.33. The van der Waals surface area contributed by atoms with Crippen molar-refractivity contribution in [2.45, 2.75) is 69.2 Å². The molecule has 2 rings (SSSR count). The van der Waals surface area contributed by atoms with Crippen molar-refractivity contribution in [1.29, 1.82) is 0 Å². The molecular formula is C15H26O4S. The third kappa shape index (κ3) is 3.89. The smallest absolute Gasteiger partial charge is 0.164 e. The molecule has 0 aromatic rings. The van der Waals surface area contributed by atoms with Crippen LogP contribution >= 0.6 is 0 Å². The van der Waals surface area contributed by atoms with Crippen LogP contribution in [0.3, 0.4) is 0 Å². The van der Waals surface area contributed by atoms with E-state index < -0.39 is 17.1 Å². The van der Waals surface area contributed by atoms with E-state index >= 15 is 0 Å². The highest BCUT2D eigenvalue weighted by Crippen LogP contribution is 2.37. The minimum absolute atomic E-state index is 0.0615. The monoisotopic (exact) mass is 302 g/mol. The fraction of sp³-hybridized carbons (Fsp3) is 0.933. The van der Waals surface area contributed by atoms with Gasteiger partial charge in [0.05, 0.1) is 6.42 Å². The van der Waals surface area contributed by atoms with Crippen LogP contribution in [0, 0.1) is 5.92 Å². The zero-order chi connectivity index (χ0) is 14.5. The average Bonchev–Trinajstić information content (AvgIpc) is 2.38. The van der Waals surface area contributed by atoms with E-state index in [0.717, 1.165) is 25.7 Å². The molecule has 5 heteroatoms. The average molecular weight is 302 g/mol. The van der Waals surface area contributed by atoms with Crippen molar-refractivity contribution in [2.24, 2.45) is 5.92 Å². The van der Waals surface area contributed by atoms with Gasteiger partial charge in [0.2, 0.25) is 0 Å². The van der Waals surface area contributed by atoms with Gasteiger partial charge in [-0.1, -0.05) is 6.42 Å². The summed E-state index contributed by atoms with van der Waals surface area (Å²) in [4.78, 5) is 12.4. The van der Waals surface area contributed by atoms with E-state index in [4.69, 9.17) is 9.47 Å². The van der Waals surface area contributed by atoms with Gasteiger partial charge in [-0.3, -0.25) is 9.00 Å². The maximum Gasteiger partial charge on any atom is 0.164 e. The molecule has 2 atom stereocenters. The molecular weight excluding hydrogens is 276 g/mol. The lowest BCUT2D eigenvalue weighted by molar-refractivity contribution is -0.154. The SMILES string of the molecule is CCOC(CC(=O)C1CC2CCCC(C1)S2=O)OCC. The van der Waals surface area contributed by atoms with E-state index in [1.807, 2.05) is 13.8 Å². The standard InChI is InChI=1S/C15H26O4S/c1-3-18-15(19-4-2)10-14(16)11-8-12-6-5-7-13(9-11)20(12)17/h11-13,15H,3-10H2,1-2H3. The summed E-state index contributed by atoms with van der Waals surface area (Å²) in [6.45, 7) is 4.92. The summed E-state index contributed by atoms with van der Waals surface area (Å²) < 4.78 is 23.1. The van der Waals surface area contributed by atoms with Crippen LogP contribution in [0.4, 0.5) is 0 Å². The molecule has 2 aliphatic heterocycles. The quantitative estimate of drug-likeness (QED) is 0.678. The number of fused-ring (bicyclic) bond motifs is 2. The summed E-state index contributed by atoms with van der Waals surface area (Å²) >= 11 is 0. The zero-order valence-corrected chi connectivity index (χ0v) is 13.3. The topological polar surface area (TPSA) is 52.6 Å². The van der Waals surface area contributed by atoms with Crippen molar-refractivity contribution in [3.63, 3.8) is 0 Å². The number of carbonyl (C=O) groups is 1. The second-order valence-electron chi connectivity index (χ2n) is 5.68. The molecule has 0 radical (unpaired) electrons. The van der Waals surface area contributed by atoms with Crippen LogP contribution in [0.5, 0.6) is 0 Å². The highest BCUT2D eigenvalue weighted by Gasteiger charge is 2.40. The lowest BCUT2D eigenvalue weighted by atomic mass is 9.85. The molecule has 0 N–H and O–H groups in total. The van der Waals surface area contributed by atoms with E-state index in [2.05, 4.69) is 0 Å². The van der Waals surface area contributed by atoms with Gasteiger partial charge in [0, 0.05) is 40.4 Å². The van der Waals surface area contributed by atoms with E-state index in [9.17, 15) is 9.00 Å². The summed E-state index contributed by atoms with van der Waals surface area (Å²) in [6.07, 6.45) is 4.73. The molecule has 2 bridgehead atoms. The van der Waals surface area contributed by atoms with Crippen LogP contribution in [0.1, 0.15) is 52.4 Å². The molecule has 0 saturated carbocycles. The molecule has 0 aromatic carbocycles. The van der Waals surface area contributed by atoms with Gasteiger partial charge < -0.3 is 9.47 Å². The Hall–Kier alpha value is -0.260. The number of ketones is 1. The van der Waals surface area contributed by atoms with E-state index in [-0.39, 0.29) is 22.2 Å². The molecule has 2 aliphatic rings. The van der Waals surface area contributed by atoms with Gasteiger partial charge in [-0.25, -0.2) is 0 Å². The van der Waals surface area contributed by atoms with Crippen molar-refractivity contribution in [2.75, 3.05) is 13.2 Å². The van der Waals surface area contributed by atoms with Gasteiger partial charge in [0.1, 0.15) is 5.78 Å².